The second-order valence-electron chi connectivity index (χ2n) is 5.95. The number of carbonyl (C=O) groups is 3. The van der Waals surface area contributed by atoms with Gasteiger partial charge in [-0.2, -0.15) is 0 Å². The zero-order valence-electron chi connectivity index (χ0n) is 14.3. The monoisotopic (exact) mass is 378 g/mol. The highest BCUT2D eigenvalue weighted by atomic mass is 32.2. The number of hydrogen-bond acceptors (Lipinski definition) is 6. The van der Waals surface area contributed by atoms with Gasteiger partial charge in [0.1, 0.15) is 0 Å². The molecule has 3 aromatic rings. The summed E-state index contributed by atoms with van der Waals surface area (Å²) in [4.78, 5) is 42.0. The van der Waals surface area contributed by atoms with Crippen molar-refractivity contribution < 1.29 is 14.4 Å². The second kappa shape index (κ2) is 6.81. The first-order valence-electron chi connectivity index (χ1n) is 8.18. The van der Waals surface area contributed by atoms with Crippen molar-refractivity contribution in [2.24, 2.45) is 0 Å². The maximum atomic E-state index is 12.5. The number of anilines is 1. The summed E-state index contributed by atoms with van der Waals surface area (Å²) < 4.78 is 0. The van der Waals surface area contributed by atoms with Crippen LogP contribution in [0, 0.1) is 6.92 Å². The van der Waals surface area contributed by atoms with Gasteiger partial charge in [-0.1, -0.05) is 48.2 Å². The van der Waals surface area contributed by atoms with Crippen molar-refractivity contribution in [3.05, 3.63) is 59.7 Å². The normalized spacial score (nSPS) is 13.1. The summed E-state index contributed by atoms with van der Waals surface area (Å²) in [6.07, 6.45) is 0. The third-order valence-electron chi connectivity index (χ3n) is 4.23. The molecular weight excluding hydrogens is 364 g/mol. The minimum Gasteiger partial charge on any atom is -0.283 e. The number of aromatic amines is 1. The average Bonchev–Trinajstić information content (AvgIpc) is 3.24. The number of Topliss-reactive ketones (excluding diaryl/α,β-unsaturated/α-hetero) is 1. The number of amides is 2. The molecular formula is C19H14N4O3S. The smallest absolute Gasteiger partial charge is 0.283 e. The number of fused-ring (bicyclic) bond motifs is 1. The van der Waals surface area contributed by atoms with Crippen molar-refractivity contribution in [1.29, 1.82) is 0 Å². The van der Waals surface area contributed by atoms with Crippen LogP contribution in [0.1, 0.15) is 15.9 Å². The number of aromatic nitrogens is 3. The van der Waals surface area contributed by atoms with Gasteiger partial charge < -0.3 is 0 Å². The van der Waals surface area contributed by atoms with Gasteiger partial charge in [0, 0.05) is 5.56 Å². The van der Waals surface area contributed by atoms with E-state index in [1.54, 1.807) is 24.3 Å². The zero-order valence-corrected chi connectivity index (χ0v) is 15.1. The fourth-order valence-electron chi connectivity index (χ4n) is 2.90. The predicted molar refractivity (Wildman–Crippen MR) is 101 cm³/mol. The first-order valence-corrected chi connectivity index (χ1v) is 9.16. The van der Waals surface area contributed by atoms with Gasteiger partial charge in [0.25, 0.3) is 5.78 Å². The first kappa shape index (κ1) is 17.2. The van der Waals surface area contributed by atoms with Gasteiger partial charge >= 0.3 is 5.91 Å². The van der Waals surface area contributed by atoms with E-state index in [0.717, 1.165) is 27.8 Å². The van der Waals surface area contributed by atoms with E-state index in [2.05, 4.69) is 15.2 Å². The van der Waals surface area contributed by atoms with E-state index >= 15 is 0 Å². The minimum atomic E-state index is -0.822. The van der Waals surface area contributed by atoms with E-state index in [1.165, 1.54) is 0 Å². The average molecular weight is 378 g/mol. The van der Waals surface area contributed by atoms with E-state index in [0.29, 0.717) is 16.7 Å². The molecule has 2 heterocycles. The zero-order chi connectivity index (χ0) is 19.0. The van der Waals surface area contributed by atoms with Crippen molar-refractivity contribution in [2.75, 3.05) is 10.7 Å². The molecule has 7 nitrogen and oxygen atoms in total. The van der Waals surface area contributed by atoms with Crippen LogP contribution in [0.25, 0.3) is 11.4 Å². The summed E-state index contributed by atoms with van der Waals surface area (Å²) in [5.41, 5.74) is 2.56. The molecule has 0 spiro atoms. The number of nitrogens with zero attached hydrogens (tertiary/aromatic N) is 3. The molecule has 0 unspecified atom stereocenters. The molecule has 8 heteroatoms. The van der Waals surface area contributed by atoms with Crippen molar-refractivity contribution in [1.82, 2.24) is 15.2 Å². The van der Waals surface area contributed by atoms with Crippen LogP contribution in [0.15, 0.2) is 53.7 Å². The van der Waals surface area contributed by atoms with Crippen LogP contribution in [0.2, 0.25) is 0 Å². The molecule has 0 bridgehead atoms. The van der Waals surface area contributed by atoms with Gasteiger partial charge in [0.2, 0.25) is 11.1 Å². The van der Waals surface area contributed by atoms with Gasteiger partial charge in [-0.25, -0.2) is 9.88 Å². The minimum absolute atomic E-state index is 0.0571. The Morgan fingerprint density at radius 3 is 2.56 bits per heavy atom. The number of aryl methyl sites for hydroxylation is 1. The Morgan fingerprint density at radius 2 is 1.78 bits per heavy atom. The highest BCUT2D eigenvalue weighted by Crippen LogP contribution is 2.30. The molecule has 0 saturated carbocycles. The number of para-hydroxylation sites is 1. The Bertz CT molecular complexity index is 1080. The number of carbonyl (C=O) groups excluding carboxylic acids is 3. The Hall–Kier alpha value is -3.26. The lowest BCUT2D eigenvalue weighted by Crippen LogP contribution is -2.37. The van der Waals surface area contributed by atoms with Crippen LogP contribution in [-0.4, -0.2) is 38.5 Å². The summed E-state index contributed by atoms with van der Waals surface area (Å²) >= 11 is 1.11. The lowest BCUT2D eigenvalue weighted by atomic mass is 10.1. The summed E-state index contributed by atoms with van der Waals surface area (Å²) in [6, 6.07) is 14.2. The molecule has 134 valence electrons. The fourth-order valence-corrected chi connectivity index (χ4v) is 3.54. The van der Waals surface area contributed by atoms with Crippen LogP contribution in [-0.2, 0) is 9.59 Å². The lowest BCUT2D eigenvalue weighted by Gasteiger charge is -2.13. The number of ketones is 1. The number of imide groups is 1. The van der Waals surface area contributed by atoms with E-state index in [4.69, 9.17) is 0 Å². The molecule has 27 heavy (non-hydrogen) atoms. The number of nitrogens with one attached hydrogen (secondary N) is 1. The fraction of sp³-hybridized carbons (Fsp3) is 0.105. The van der Waals surface area contributed by atoms with Crippen LogP contribution >= 0.6 is 11.8 Å². The summed E-state index contributed by atoms with van der Waals surface area (Å²) in [7, 11) is 0. The Morgan fingerprint density at radius 1 is 1.07 bits per heavy atom. The topological polar surface area (TPSA) is 96.0 Å². The number of H-pyrrole nitrogens is 1. The number of benzene rings is 2. The molecule has 0 saturated heterocycles. The molecule has 2 amide bonds. The quantitative estimate of drug-likeness (QED) is 0.554. The van der Waals surface area contributed by atoms with Crippen molar-refractivity contribution in [3.63, 3.8) is 0 Å². The molecule has 0 aliphatic carbocycles. The van der Waals surface area contributed by atoms with Gasteiger partial charge in [-0.15, -0.1) is 5.10 Å². The first-order chi connectivity index (χ1) is 13.1. The molecule has 1 aromatic heterocycles. The molecule has 1 aliphatic heterocycles. The molecule has 1 N–H and O–H groups in total. The Labute approximate surface area is 158 Å². The summed E-state index contributed by atoms with van der Waals surface area (Å²) in [6.45, 7) is 1.97. The van der Waals surface area contributed by atoms with Gasteiger partial charge in [0.05, 0.1) is 17.0 Å². The number of hydrogen-bond donors (Lipinski definition) is 1. The maximum Gasteiger partial charge on any atom is 0.306 e. The van der Waals surface area contributed by atoms with Crippen molar-refractivity contribution in [2.45, 2.75) is 12.1 Å². The Kier molecular flexibility index (Phi) is 4.33. The summed E-state index contributed by atoms with van der Waals surface area (Å²) in [5, 5.41) is 7.37. The highest BCUT2D eigenvalue weighted by Gasteiger charge is 2.39. The molecule has 4 rings (SSSR count). The van der Waals surface area contributed by atoms with Gasteiger partial charge in [-0.05, 0) is 24.6 Å². The molecule has 0 radical (unpaired) electrons. The lowest BCUT2D eigenvalue weighted by molar-refractivity contribution is -0.122. The number of thioether (sulfide) groups is 1. The van der Waals surface area contributed by atoms with Crippen molar-refractivity contribution in [3.8, 4) is 11.4 Å². The third-order valence-corrected chi connectivity index (χ3v) is 5.06. The molecule has 2 aromatic carbocycles. The second-order valence-corrected chi connectivity index (χ2v) is 6.89. The van der Waals surface area contributed by atoms with Gasteiger partial charge in [0.15, 0.2) is 5.82 Å². The standard InChI is InChI=1S/C19H14N4O3S/c1-11-6-2-3-7-12(11)17-20-19(22-21-17)27-10-15(24)23-14-9-5-4-8-13(14)16(25)18(23)26/h2-9H,10H2,1H3,(H,20,21,22). The van der Waals surface area contributed by atoms with Crippen LogP contribution in [0.3, 0.4) is 0 Å². The van der Waals surface area contributed by atoms with Gasteiger partial charge in [-0.3, -0.25) is 19.5 Å². The Balaban J connectivity index is 1.49. The van der Waals surface area contributed by atoms with Crippen LogP contribution in [0.5, 0.6) is 0 Å². The van der Waals surface area contributed by atoms with E-state index in [1.807, 2.05) is 31.2 Å². The maximum absolute atomic E-state index is 12.5. The largest absolute Gasteiger partial charge is 0.306 e. The molecule has 0 fully saturated rings. The SMILES string of the molecule is Cc1ccccc1-c1nc(SCC(=O)N2C(=O)C(=O)c3ccccc32)n[nH]1. The van der Waals surface area contributed by atoms with E-state index in [-0.39, 0.29) is 11.3 Å². The van der Waals surface area contributed by atoms with Crippen molar-refractivity contribution >= 4 is 35.0 Å². The predicted octanol–water partition coefficient (Wildman–Crippen LogP) is 2.63. The van der Waals surface area contributed by atoms with E-state index in [9.17, 15) is 14.4 Å². The third kappa shape index (κ3) is 3.04. The van der Waals surface area contributed by atoms with Crippen LogP contribution in [0.4, 0.5) is 5.69 Å². The highest BCUT2D eigenvalue weighted by molar-refractivity contribution is 7.99. The van der Waals surface area contributed by atoms with Crippen LogP contribution < -0.4 is 4.90 Å². The molecule has 0 atom stereocenters. The van der Waals surface area contributed by atoms with E-state index < -0.39 is 17.6 Å². The molecule has 1 aliphatic rings. The number of rotatable bonds is 4. The summed E-state index contributed by atoms with van der Waals surface area (Å²) in [5.74, 6) is -1.41.